The summed E-state index contributed by atoms with van der Waals surface area (Å²) in [5.41, 5.74) is 7.11. The second-order valence-corrected chi connectivity index (χ2v) is 4.99. The molecule has 0 saturated heterocycles. The van der Waals surface area contributed by atoms with Gasteiger partial charge in [0.05, 0.1) is 7.11 Å². The lowest BCUT2D eigenvalue weighted by atomic mass is 9.73. The minimum absolute atomic E-state index is 0.288. The van der Waals surface area contributed by atoms with Gasteiger partial charge in [0.2, 0.25) is 0 Å². The van der Waals surface area contributed by atoms with Crippen molar-refractivity contribution in [2.24, 2.45) is 0 Å². The molecule has 5 heteroatoms. The highest BCUT2D eigenvalue weighted by Crippen LogP contribution is 2.40. The van der Waals surface area contributed by atoms with Crippen molar-refractivity contribution in [3.05, 3.63) is 18.2 Å². The summed E-state index contributed by atoms with van der Waals surface area (Å²) in [7, 11) is 1.61. The lowest BCUT2D eigenvalue weighted by molar-refractivity contribution is -0.154. The van der Waals surface area contributed by atoms with E-state index in [0.717, 1.165) is 30.7 Å². The van der Waals surface area contributed by atoms with E-state index in [1.54, 1.807) is 13.2 Å². The average molecular weight is 264 g/mol. The normalized spacial score (nSPS) is 25.3. The van der Waals surface area contributed by atoms with Gasteiger partial charge in [0.15, 0.2) is 0 Å². The molecule has 19 heavy (non-hydrogen) atoms. The predicted octanol–water partition coefficient (Wildman–Crippen LogP) is 2.17. The van der Waals surface area contributed by atoms with Crippen LogP contribution in [0, 0.1) is 0 Å². The first-order chi connectivity index (χ1) is 9.10. The second-order valence-electron chi connectivity index (χ2n) is 4.99. The number of rotatable bonds is 6. The van der Waals surface area contributed by atoms with Crippen LogP contribution < -0.4 is 15.8 Å². The largest absolute Gasteiger partial charge is 0.497 e. The van der Waals surface area contributed by atoms with E-state index in [1.165, 1.54) is 0 Å². The van der Waals surface area contributed by atoms with E-state index in [4.69, 9.17) is 15.2 Å². The SMILES string of the molecule is CCC1(OC=O)CC(Nc2cc(N)cc(OC)c2)C1. The summed E-state index contributed by atoms with van der Waals surface area (Å²) in [5.74, 6) is 0.729. The Balaban J connectivity index is 1.97. The molecule has 1 fully saturated rings. The second kappa shape index (κ2) is 5.38. The number of nitrogens with two attached hydrogens (primary N) is 1. The molecule has 1 aliphatic carbocycles. The van der Waals surface area contributed by atoms with E-state index in [9.17, 15) is 4.79 Å². The molecule has 0 aromatic heterocycles. The standard InChI is InChI=1S/C14H20N2O3/c1-3-14(19-9-17)7-12(8-14)16-11-4-10(15)5-13(6-11)18-2/h4-6,9,12,16H,3,7-8,15H2,1-2H3. The van der Waals surface area contributed by atoms with Gasteiger partial charge in [-0.15, -0.1) is 0 Å². The van der Waals surface area contributed by atoms with Crippen molar-refractivity contribution in [3.8, 4) is 5.75 Å². The van der Waals surface area contributed by atoms with E-state index < -0.39 is 0 Å². The average Bonchev–Trinajstić information content (AvgIpc) is 2.35. The first-order valence-corrected chi connectivity index (χ1v) is 6.43. The Hall–Kier alpha value is -1.91. The number of nitrogens with one attached hydrogen (secondary N) is 1. The van der Waals surface area contributed by atoms with Gasteiger partial charge >= 0.3 is 0 Å². The van der Waals surface area contributed by atoms with Crippen molar-refractivity contribution in [3.63, 3.8) is 0 Å². The fraction of sp³-hybridized carbons (Fsp3) is 0.500. The van der Waals surface area contributed by atoms with Gasteiger partial charge in [-0.2, -0.15) is 0 Å². The van der Waals surface area contributed by atoms with Crippen LogP contribution in [0.25, 0.3) is 0 Å². The number of carbonyl (C=O) groups is 1. The van der Waals surface area contributed by atoms with E-state index in [1.807, 2.05) is 19.1 Å². The van der Waals surface area contributed by atoms with Crippen LogP contribution in [0.3, 0.4) is 0 Å². The molecule has 0 amide bonds. The number of benzene rings is 1. The molecule has 1 aromatic carbocycles. The molecule has 0 radical (unpaired) electrons. The summed E-state index contributed by atoms with van der Waals surface area (Å²) in [4.78, 5) is 10.5. The van der Waals surface area contributed by atoms with Gasteiger partial charge in [-0.1, -0.05) is 6.92 Å². The third-order valence-corrected chi connectivity index (χ3v) is 3.71. The molecule has 1 saturated carbocycles. The minimum Gasteiger partial charge on any atom is -0.497 e. The molecule has 3 N–H and O–H groups in total. The molecule has 1 aliphatic rings. The third-order valence-electron chi connectivity index (χ3n) is 3.71. The monoisotopic (exact) mass is 264 g/mol. The van der Waals surface area contributed by atoms with E-state index in [0.29, 0.717) is 18.2 Å². The van der Waals surface area contributed by atoms with Crippen molar-refractivity contribution in [2.45, 2.75) is 37.8 Å². The Morgan fingerprint density at radius 2 is 2.21 bits per heavy atom. The van der Waals surface area contributed by atoms with E-state index in [-0.39, 0.29) is 5.60 Å². The van der Waals surface area contributed by atoms with Crippen molar-refractivity contribution in [1.82, 2.24) is 0 Å². The van der Waals surface area contributed by atoms with Crippen molar-refractivity contribution >= 4 is 17.8 Å². The maximum Gasteiger partial charge on any atom is 0.293 e. The Kier molecular flexibility index (Phi) is 3.83. The molecular weight excluding hydrogens is 244 g/mol. The minimum atomic E-state index is -0.288. The summed E-state index contributed by atoms with van der Waals surface area (Å²) in [6, 6.07) is 5.85. The molecule has 104 valence electrons. The maximum atomic E-state index is 10.5. The number of ether oxygens (including phenoxy) is 2. The molecule has 0 spiro atoms. The zero-order valence-electron chi connectivity index (χ0n) is 11.3. The molecule has 0 unspecified atom stereocenters. The van der Waals surface area contributed by atoms with Gasteiger partial charge in [-0.25, -0.2) is 0 Å². The van der Waals surface area contributed by atoms with Gasteiger partial charge in [-0.3, -0.25) is 4.79 Å². The van der Waals surface area contributed by atoms with Gasteiger partial charge in [-0.05, 0) is 12.5 Å². The Morgan fingerprint density at radius 1 is 1.47 bits per heavy atom. The molecule has 0 heterocycles. The smallest absolute Gasteiger partial charge is 0.293 e. The number of methoxy groups -OCH3 is 1. The van der Waals surface area contributed by atoms with Crippen LogP contribution in [0.4, 0.5) is 11.4 Å². The van der Waals surface area contributed by atoms with Crippen molar-refractivity contribution in [2.75, 3.05) is 18.2 Å². The highest BCUT2D eigenvalue weighted by molar-refractivity contribution is 5.59. The highest BCUT2D eigenvalue weighted by atomic mass is 16.5. The molecular formula is C14H20N2O3. The van der Waals surface area contributed by atoms with E-state index >= 15 is 0 Å². The van der Waals surface area contributed by atoms with Crippen LogP contribution in [0.1, 0.15) is 26.2 Å². The highest BCUT2D eigenvalue weighted by Gasteiger charge is 2.44. The summed E-state index contributed by atoms with van der Waals surface area (Å²) in [6.45, 7) is 2.58. The Bertz CT molecular complexity index is 456. The molecule has 5 nitrogen and oxygen atoms in total. The number of anilines is 2. The summed E-state index contributed by atoms with van der Waals surface area (Å²) in [5, 5.41) is 3.39. The number of hydrogen-bond acceptors (Lipinski definition) is 5. The lowest BCUT2D eigenvalue weighted by Gasteiger charge is -2.46. The van der Waals surface area contributed by atoms with Gasteiger partial charge in [0, 0.05) is 42.4 Å². The third kappa shape index (κ3) is 2.92. The first kappa shape index (κ1) is 13.5. The van der Waals surface area contributed by atoms with Crippen LogP contribution >= 0.6 is 0 Å². The van der Waals surface area contributed by atoms with E-state index in [2.05, 4.69) is 5.32 Å². The van der Waals surface area contributed by atoms with Crippen LogP contribution in [0.2, 0.25) is 0 Å². The first-order valence-electron chi connectivity index (χ1n) is 6.43. The predicted molar refractivity (Wildman–Crippen MR) is 74.2 cm³/mol. The van der Waals surface area contributed by atoms with Crippen LogP contribution in [-0.2, 0) is 9.53 Å². The molecule has 0 bridgehead atoms. The van der Waals surface area contributed by atoms with Gasteiger partial charge in [0.25, 0.3) is 6.47 Å². The number of carbonyl (C=O) groups excluding carboxylic acids is 1. The number of nitrogen functional groups attached to an aromatic ring is 1. The quantitative estimate of drug-likeness (QED) is 0.608. The Morgan fingerprint density at radius 3 is 2.79 bits per heavy atom. The number of hydrogen-bond donors (Lipinski definition) is 2. The van der Waals surface area contributed by atoms with Gasteiger partial charge < -0.3 is 20.5 Å². The molecule has 2 rings (SSSR count). The summed E-state index contributed by atoms with van der Waals surface area (Å²) < 4.78 is 10.4. The van der Waals surface area contributed by atoms with Crippen LogP contribution in [0.15, 0.2) is 18.2 Å². The van der Waals surface area contributed by atoms with Crippen LogP contribution in [0.5, 0.6) is 5.75 Å². The zero-order valence-corrected chi connectivity index (χ0v) is 11.3. The fourth-order valence-corrected chi connectivity index (χ4v) is 2.57. The lowest BCUT2D eigenvalue weighted by Crippen LogP contribution is -2.51. The van der Waals surface area contributed by atoms with Gasteiger partial charge in [0.1, 0.15) is 11.4 Å². The molecule has 0 atom stereocenters. The maximum absolute atomic E-state index is 10.5. The van der Waals surface area contributed by atoms with Crippen molar-refractivity contribution < 1.29 is 14.3 Å². The van der Waals surface area contributed by atoms with Crippen molar-refractivity contribution in [1.29, 1.82) is 0 Å². The zero-order chi connectivity index (χ0) is 13.9. The molecule has 0 aliphatic heterocycles. The summed E-state index contributed by atoms with van der Waals surface area (Å²) >= 11 is 0. The fourth-order valence-electron chi connectivity index (χ4n) is 2.57. The topological polar surface area (TPSA) is 73.6 Å². The summed E-state index contributed by atoms with van der Waals surface area (Å²) in [6.07, 6.45) is 2.48. The Labute approximate surface area is 113 Å². The van der Waals surface area contributed by atoms with Crippen LogP contribution in [-0.4, -0.2) is 25.2 Å². The molecule has 1 aromatic rings.